The zero-order valence-corrected chi connectivity index (χ0v) is 8.81. The molecule has 1 aromatic carbocycles. The smallest absolute Gasteiger partial charge is 0.358 e. The van der Waals surface area contributed by atoms with Gasteiger partial charge in [0, 0.05) is 0 Å². The van der Waals surface area contributed by atoms with Crippen LogP contribution in [0.5, 0.6) is 0 Å². The SMILES string of the molecule is [CH3-].[CH3-].[W+2].c1ccccc1. The Hall–Kier alpha value is -0.0917. The van der Waals surface area contributed by atoms with Crippen LogP contribution in [0.15, 0.2) is 36.4 Å². The van der Waals surface area contributed by atoms with Crippen molar-refractivity contribution in [1.29, 1.82) is 0 Å². The third-order valence-electron chi connectivity index (χ3n) is 0.667. The zero-order valence-electron chi connectivity index (χ0n) is 5.87. The van der Waals surface area contributed by atoms with Gasteiger partial charge in [0.25, 0.3) is 0 Å². The second-order valence-electron chi connectivity index (χ2n) is 1.15. The molecule has 0 atom stereocenters. The minimum absolute atomic E-state index is 0. The van der Waals surface area contributed by atoms with Crippen molar-refractivity contribution in [1.82, 2.24) is 0 Å². The van der Waals surface area contributed by atoms with E-state index in [1.165, 1.54) is 0 Å². The second-order valence-corrected chi connectivity index (χ2v) is 1.15. The van der Waals surface area contributed by atoms with Gasteiger partial charge >= 0.3 is 21.1 Å². The fourth-order valence-electron chi connectivity index (χ4n) is 0.385. The molecule has 0 unspecified atom stereocenters. The van der Waals surface area contributed by atoms with Gasteiger partial charge in [-0.25, -0.2) is 0 Å². The van der Waals surface area contributed by atoms with Gasteiger partial charge in [-0.3, -0.25) is 0 Å². The van der Waals surface area contributed by atoms with Gasteiger partial charge in [0.2, 0.25) is 0 Å². The maximum Gasteiger partial charge on any atom is 2.00 e. The Balaban J connectivity index is -0.000000120. The van der Waals surface area contributed by atoms with E-state index in [0.29, 0.717) is 0 Å². The molecule has 0 aromatic heterocycles. The molecule has 0 spiro atoms. The summed E-state index contributed by atoms with van der Waals surface area (Å²) in [5.74, 6) is 0. The summed E-state index contributed by atoms with van der Waals surface area (Å²) in [6.45, 7) is 0. The molecule has 50 valence electrons. The van der Waals surface area contributed by atoms with E-state index in [2.05, 4.69) is 0 Å². The molecule has 9 heavy (non-hydrogen) atoms. The van der Waals surface area contributed by atoms with Crippen LogP contribution in [0.4, 0.5) is 0 Å². The topological polar surface area (TPSA) is 0 Å². The van der Waals surface area contributed by atoms with E-state index < -0.39 is 0 Å². The fourth-order valence-corrected chi connectivity index (χ4v) is 0.385. The average molecular weight is 292 g/mol. The van der Waals surface area contributed by atoms with Gasteiger partial charge in [-0.2, -0.15) is 0 Å². The molecular weight excluding hydrogens is 280 g/mol. The van der Waals surface area contributed by atoms with Crippen LogP contribution in [0.2, 0.25) is 0 Å². The van der Waals surface area contributed by atoms with Gasteiger partial charge in [0.15, 0.2) is 0 Å². The Kier molecular flexibility index (Phi) is 19.2. The first-order valence-corrected chi connectivity index (χ1v) is 2.00. The molecule has 1 aromatic rings. The molecule has 0 bridgehead atoms. The molecule has 0 saturated heterocycles. The Morgan fingerprint density at radius 1 is 0.444 bits per heavy atom. The van der Waals surface area contributed by atoms with E-state index >= 15 is 0 Å². The maximum absolute atomic E-state index is 2.00. The summed E-state index contributed by atoms with van der Waals surface area (Å²) in [4.78, 5) is 0. The fraction of sp³-hybridized carbons (Fsp3) is 0. The Bertz CT molecular complexity index is 76.5. The van der Waals surface area contributed by atoms with Crippen molar-refractivity contribution in [3.8, 4) is 0 Å². The molecule has 0 fully saturated rings. The molecule has 0 saturated carbocycles. The average Bonchev–Trinajstić information content (AvgIpc) is 1.72. The van der Waals surface area contributed by atoms with E-state index in [-0.39, 0.29) is 35.9 Å². The van der Waals surface area contributed by atoms with E-state index in [4.69, 9.17) is 0 Å². The Morgan fingerprint density at radius 3 is 0.667 bits per heavy atom. The molecule has 0 nitrogen and oxygen atoms in total. The molecule has 0 aliphatic rings. The van der Waals surface area contributed by atoms with Crippen LogP contribution in [0, 0.1) is 14.9 Å². The van der Waals surface area contributed by atoms with Gasteiger partial charge in [0.1, 0.15) is 0 Å². The normalized spacial score (nSPS) is 5.33. The van der Waals surface area contributed by atoms with Gasteiger partial charge in [-0.05, 0) is 0 Å². The summed E-state index contributed by atoms with van der Waals surface area (Å²) in [5, 5.41) is 0. The first kappa shape index (κ1) is 16.0. The summed E-state index contributed by atoms with van der Waals surface area (Å²) in [5.41, 5.74) is 0. The Labute approximate surface area is 72.6 Å². The second kappa shape index (κ2) is 10.8. The van der Waals surface area contributed by atoms with Crippen LogP contribution in [-0.2, 0) is 21.1 Å². The van der Waals surface area contributed by atoms with E-state index in [9.17, 15) is 0 Å². The van der Waals surface area contributed by atoms with Crippen molar-refractivity contribution in [2.75, 3.05) is 0 Å². The summed E-state index contributed by atoms with van der Waals surface area (Å²) >= 11 is 0. The maximum atomic E-state index is 2.00. The largest absolute Gasteiger partial charge is 2.00 e. The summed E-state index contributed by atoms with van der Waals surface area (Å²) in [6.07, 6.45) is 0. The van der Waals surface area contributed by atoms with Crippen molar-refractivity contribution in [3.05, 3.63) is 51.3 Å². The van der Waals surface area contributed by atoms with Crippen LogP contribution < -0.4 is 0 Å². The van der Waals surface area contributed by atoms with Gasteiger partial charge in [0.05, 0.1) is 0 Å². The summed E-state index contributed by atoms with van der Waals surface area (Å²) in [6, 6.07) is 12.0. The number of hydrogen-bond acceptors (Lipinski definition) is 0. The molecule has 1 rings (SSSR count). The van der Waals surface area contributed by atoms with Crippen molar-refractivity contribution < 1.29 is 21.1 Å². The molecule has 0 radical (unpaired) electrons. The Morgan fingerprint density at radius 2 is 0.556 bits per heavy atom. The predicted octanol–water partition coefficient (Wildman–Crippen LogP) is 2.58. The van der Waals surface area contributed by atoms with E-state index in [0.717, 1.165) is 0 Å². The number of hydrogen-bond donors (Lipinski definition) is 0. The molecule has 0 N–H and O–H groups in total. The number of rotatable bonds is 0. The van der Waals surface area contributed by atoms with Crippen LogP contribution in [0.3, 0.4) is 0 Å². The standard InChI is InChI=1S/C6H6.2CH3.W/c1-2-4-6-5-3-1;;;/h1-6H;2*1H3;/q;2*-1;+2. The first-order chi connectivity index (χ1) is 3.00. The monoisotopic (exact) mass is 292 g/mol. The molecular formula is C8H12W. The first-order valence-electron chi connectivity index (χ1n) is 2.00. The molecule has 0 aliphatic heterocycles. The van der Waals surface area contributed by atoms with E-state index in [1.807, 2.05) is 36.4 Å². The van der Waals surface area contributed by atoms with Crippen LogP contribution in [0.25, 0.3) is 0 Å². The van der Waals surface area contributed by atoms with Crippen LogP contribution in [0.1, 0.15) is 0 Å². The predicted molar refractivity (Wildman–Crippen MR) is 39.3 cm³/mol. The van der Waals surface area contributed by atoms with Crippen LogP contribution >= 0.6 is 0 Å². The van der Waals surface area contributed by atoms with Crippen molar-refractivity contribution in [2.45, 2.75) is 0 Å². The number of benzene rings is 1. The molecule has 0 aliphatic carbocycles. The third-order valence-corrected chi connectivity index (χ3v) is 0.667. The summed E-state index contributed by atoms with van der Waals surface area (Å²) in [7, 11) is 0. The van der Waals surface area contributed by atoms with Gasteiger partial charge in [-0.15, -0.1) is 0 Å². The minimum atomic E-state index is 0. The minimum Gasteiger partial charge on any atom is -0.358 e. The van der Waals surface area contributed by atoms with Crippen LogP contribution in [-0.4, -0.2) is 0 Å². The summed E-state index contributed by atoms with van der Waals surface area (Å²) < 4.78 is 0. The van der Waals surface area contributed by atoms with E-state index in [1.54, 1.807) is 0 Å². The molecule has 0 heterocycles. The molecule has 1 heteroatoms. The quantitative estimate of drug-likeness (QED) is 0.645. The zero-order chi connectivity index (χ0) is 4.24. The third kappa shape index (κ3) is 7.91. The van der Waals surface area contributed by atoms with Gasteiger partial charge < -0.3 is 14.9 Å². The van der Waals surface area contributed by atoms with Crippen molar-refractivity contribution in [2.24, 2.45) is 0 Å². The van der Waals surface area contributed by atoms with Crippen molar-refractivity contribution in [3.63, 3.8) is 0 Å². The molecule has 0 amide bonds. The van der Waals surface area contributed by atoms with Crippen molar-refractivity contribution >= 4 is 0 Å². The van der Waals surface area contributed by atoms with Gasteiger partial charge in [-0.1, -0.05) is 36.4 Å².